The van der Waals surface area contributed by atoms with Gasteiger partial charge < -0.3 is 30.6 Å². The topological polar surface area (TPSA) is 225 Å². The largest absolute Gasteiger partial charge is 0.387 e. The number of aliphatic hydroxyl groups is 6. The summed E-state index contributed by atoms with van der Waals surface area (Å²) in [6, 6.07) is 10.9. The SMILES string of the molecule is OC(CC1CCCCC1)c1c(Cl)c(Br)cc2cncn12.OC(CC1CCCCC1)c1c(Cl)c(Cl)cc2cncn12.OC(CC1CCCCC1)c1cc(Br)c(Cl)c2cncn12.OC(CC1CCCCC1)c1cc(Cl)c(Cl)c2cncn12.OC(c1c(Cl)c(Cl)cc2cncn12)C1CCCCC1.OC(c1cc(Cl)c(Cl)c2cncn12)C1CCCCC1. The molecule has 12 heterocycles. The Bertz CT molecular complexity index is 5060. The van der Waals surface area contributed by atoms with Gasteiger partial charge in [0.15, 0.2) is 0 Å². The fourth-order valence-electron chi connectivity index (χ4n) is 18.7. The van der Waals surface area contributed by atoms with Crippen molar-refractivity contribution in [3.63, 3.8) is 0 Å². The summed E-state index contributed by atoms with van der Waals surface area (Å²) >= 11 is 69.1. The molecule has 6 aliphatic carbocycles. The van der Waals surface area contributed by atoms with Crippen LogP contribution in [0.2, 0.25) is 50.2 Å². The van der Waals surface area contributed by atoms with Crippen LogP contribution in [0.3, 0.4) is 0 Å². The van der Waals surface area contributed by atoms with Gasteiger partial charge >= 0.3 is 0 Å². The first-order valence-electron chi connectivity index (χ1n) is 41.9. The molecule has 0 aliphatic heterocycles. The van der Waals surface area contributed by atoms with E-state index in [1.807, 2.05) is 38.5 Å². The minimum absolute atomic E-state index is 0.260. The van der Waals surface area contributed by atoms with Gasteiger partial charge in [-0.2, -0.15) is 0 Å². The number of imidazole rings is 6. The van der Waals surface area contributed by atoms with Crippen molar-refractivity contribution in [2.24, 2.45) is 35.5 Å². The highest BCUT2D eigenvalue weighted by Gasteiger charge is 2.32. The Morgan fingerprint density at radius 2 is 0.559 bits per heavy atom. The van der Waals surface area contributed by atoms with E-state index < -0.39 is 36.6 Å². The maximum Gasteiger partial charge on any atom is 0.0995 e. The van der Waals surface area contributed by atoms with Gasteiger partial charge in [-0.15, -0.1) is 0 Å². The zero-order valence-electron chi connectivity index (χ0n) is 65.9. The standard InChI is InChI=1S/2C15H18BrClN2O.2C15H18Cl2N2O.2C14H16Cl2N2O/c16-11-7-12(19-9-18-8-13(19)15(11)17)14(20)6-10-4-2-1-3-5-10;16-12-7-11-8-18-9-19(11)15(14(12)17)13(20)6-10-4-2-1-3-5-10;16-11-7-12(19-9-18-8-13(19)15(11)17)14(20)6-10-4-2-1-3-5-10;16-12-7-11-8-18-9-19(11)15(14(12)17)13(20)6-10-4-2-1-3-5-10;15-10-6-11(14(19)9-4-2-1-3-5-9)18-8-17-7-12(18)13(10)16;15-11-6-10-7-17-8-18(10)13(12(11)16)14(19)9-4-2-1-3-5-9/h7-10,14,20H,1-6H2;7-10,13,20H,1-6H2;7-10,14,20H,1-6H2;7-10,13,20H,1-6H2;2*6-9,14,19H,1-5H2. The molecule has 30 heteroatoms. The lowest BCUT2D eigenvalue weighted by molar-refractivity contribution is 0.0800. The number of aromatic nitrogens is 12. The minimum atomic E-state index is -0.596. The highest BCUT2D eigenvalue weighted by molar-refractivity contribution is 9.11. The van der Waals surface area contributed by atoms with Crippen molar-refractivity contribution in [1.29, 1.82) is 0 Å². The van der Waals surface area contributed by atoms with Crippen molar-refractivity contribution in [3.05, 3.63) is 205 Å². The van der Waals surface area contributed by atoms with Crippen molar-refractivity contribution in [3.8, 4) is 0 Å². The molecule has 0 bridgehead atoms. The van der Waals surface area contributed by atoms with E-state index in [0.717, 1.165) is 116 Å². The van der Waals surface area contributed by atoms with Crippen LogP contribution in [-0.2, 0) is 0 Å². The van der Waals surface area contributed by atoms with E-state index >= 15 is 0 Å². The molecule has 0 spiro atoms. The second-order valence-electron chi connectivity index (χ2n) is 33.0. The van der Waals surface area contributed by atoms with Crippen LogP contribution < -0.4 is 0 Å². The van der Waals surface area contributed by atoms with Gasteiger partial charge in [0.1, 0.15) is 0 Å². The minimum Gasteiger partial charge on any atom is -0.387 e. The van der Waals surface area contributed by atoms with Gasteiger partial charge in [0.2, 0.25) is 0 Å². The quantitative estimate of drug-likeness (QED) is 0.0531. The Morgan fingerprint density at radius 3 is 0.966 bits per heavy atom. The molecule has 0 radical (unpaired) electrons. The third-order valence-corrected chi connectivity index (χ3v) is 30.7. The number of halogens is 12. The van der Waals surface area contributed by atoms with E-state index in [-0.39, 0.29) is 5.92 Å². The monoisotopic (exact) mass is 1930 g/mol. The maximum absolute atomic E-state index is 10.7. The number of hydrogen-bond donors (Lipinski definition) is 6. The van der Waals surface area contributed by atoms with E-state index in [0.29, 0.717) is 91.2 Å². The summed E-state index contributed by atoms with van der Waals surface area (Å²) < 4.78 is 12.8. The molecular formula is C88H104Br2Cl10N12O6. The lowest BCUT2D eigenvalue weighted by atomic mass is 9.84. The first kappa shape index (κ1) is 91.5. The fourth-order valence-corrected chi connectivity index (χ4v) is 21.8. The van der Waals surface area contributed by atoms with E-state index in [2.05, 4.69) is 61.8 Å². The summed E-state index contributed by atoms with van der Waals surface area (Å²) in [5.41, 5.74) is 9.50. The molecule has 118 heavy (non-hydrogen) atoms. The molecular weight excluding hydrogens is 1840 g/mol. The molecule has 18 rings (SSSR count). The molecule has 6 atom stereocenters. The van der Waals surface area contributed by atoms with Crippen LogP contribution in [0.5, 0.6) is 0 Å². The smallest absolute Gasteiger partial charge is 0.0995 e. The van der Waals surface area contributed by atoms with Crippen molar-refractivity contribution < 1.29 is 30.6 Å². The number of fused-ring (bicyclic) bond motifs is 6. The first-order chi connectivity index (χ1) is 57.0. The number of nitrogens with zero attached hydrogens (tertiary/aromatic N) is 12. The van der Waals surface area contributed by atoms with Gasteiger partial charge in [-0.1, -0.05) is 283 Å². The average molecular weight is 1940 g/mol. The van der Waals surface area contributed by atoms with Gasteiger partial charge in [-0.3, -0.25) is 26.4 Å². The zero-order valence-corrected chi connectivity index (χ0v) is 76.7. The van der Waals surface area contributed by atoms with Crippen LogP contribution in [0.4, 0.5) is 0 Å². The summed E-state index contributed by atoms with van der Waals surface area (Å²) in [4.78, 5) is 24.7. The molecule has 6 unspecified atom stereocenters. The highest BCUT2D eigenvalue weighted by atomic mass is 79.9. The van der Waals surface area contributed by atoms with E-state index in [9.17, 15) is 30.6 Å². The Morgan fingerprint density at radius 1 is 0.280 bits per heavy atom. The number of hydrogen-bond acceptors (Lipinski definition) is 12. The van der Waals surface area contributed by atoms with Gasteiger partial charge in [0, 0.05) is 8.95 Å². The van der Waals surface area contributed by atoms with Gasteiger partial charge in [0.25, 0.3) is 0 Å². The normalized spacial score (nSPS) is 18.7. The zero-order chi connectivity index (χ0) is 83.3. The molecule has 6 aliphatic rings. The highest BCUT2D eigenvalue weighted by Crippen LogP contribution is 2.45. The third-order valence-electron chi connectivity index (χ3n) is 25.0. The molecule has 12 aromatic heterocycles. The average Bonchev–Trinajstić information content (AvgIpc) is 1.62. The molecule has 6 fully saturated rings. The van der Waals surface area contributed by atoms with Crippen molar-refractivity contribution in [2.45, 2.75) is 255 Å². The lowest BCUT2D eigenvalue weighted by Gasteiger charge is -2.28. The van der Waals surface area contributed by atoms with Crippen LogP contribution in [0.25, 0.3) is 33.1 Å². The van der Waals surface area contributed by atoms with Crippen LogP contribution in [-0.4, -0.2) is 86.9 Å². The van der Waals surface area contributed by atoms with Gasteiger partial charge in [-0.05, 0) is 155 Å². The second-order valence-corrected chi connectivity index (χ2v) is 38.6. The Labute approximate surface area is 756 Å². The fraction of sp³-hybridized carbons (Fsp3) is 0.523. The molecule has 0 amide bonds. The van der Waals surface area contributed by atoms with Gasteiger partial charge in [0.05, 0.1) is 229 Å². The van der Waals surface area contributed by atoms with Crippen LogP contribution in [0.1, 0.15) is 289 Å². The Hall–Kier alpha value is -4.24. The Kier molecular flexibility index (Phi) is 33.8. The summed E-state index contributed by atoms with van der Waals surface area (Å²) in [5.74, 6) is 2.98. The second kappa shape index (κ2) is 43.6. The van der Waals surface area contributed by atoms with Crippen molar-refractivity contribution >= 4 is 181 Å². The summed E-state index contributed by atoms with van der Waals surface area (Å²) in [7, 11) is 0. The number of rotatable bonds is 16. The van der Waals surface area contributed by atoms with Crippen LogP contribution in [0.15, 0.2) is 120 Å². The molecule has 6 saturated carbocycles. The van der Waals surface area contributed by atoms with Crippen molar-refractivity contribution in [2.75, 3.05) is 0 Å². The third kappa shape index (κ3) is 22.3. The Balaban J connectivity index is 0.000000123. The molecule has 0 aromatic carbocycles. The number of pyridine rings is 6. The molecule has 18 nitrogen and oxygen atoms in total. The van der Waals surface area contributed by atoms with Crippen LogP contribution in [0, 0.1) is 35.5 Å². The van der Waals surface area contributed by atoms with E-state index in [1.54, 1.807) is 99.4 Å². The predicted molar refractivity (Wildman–Crippen MR) is 484 cm³/mol. The van der Waals surface area contributed by atoms with Crippen molar-refractivity contribution in [1.82, 2.24) is 56.3 Å². The molecule has 6 N–H and O–H groups in total. The van der Waals surface area contributed by atoms with E-state index in [4.69, 9.17) is 116 Å². The first-order valence-corrected chi connectivity index (χ1v) is 47.3. The molecule has 12 aromatic rings. The molecule has 0 saturated heterocycles. The van der Waals surface area contributed by atoms with E-state index in [1.165, 1.54) is 167 Å². The number of aliphatic hydroxyl groups excluding tert-OH is 6. The maximum atomic E-state index is 10.7. The summed E-state index contributed by atoms with van der Waals surface area (Å²) in [6.07, 6.45) is 57.1. The van der Waals surface area contributed by atoms with Gasteiger partial charge in [-0.25, -0.2) is 29.9 Å². The summed E-state index contributed by atoms with van der Waals surface area (Å²) in [5, 5.41) is 68.6. The predicted octanol–water partition coefficient (Wildman–Crippen LogP) is 27.3. The van der Waals surface area contributed by atoms with Crippen LogP contribution >= 0.6 is 148 Å². The molecule has 636 valence electrons. The summed E-state index contributed by atoms with van der Waals surface area (Å²) in [6.45, 7) is 0. The lowest BCUT2D eigenvalue weighted by Crippen LogP contribution is -2.18.